The molecule has 0 spiro atoms. The van der Waals surface area contributed by atoms with Crippen LogP contribution in [0.3, 0.4) is 0 Å². The number of benzene rings is 1. The zero-order chi connectivity index (χ0) is 20.8. The molecule has 2 aliphatic carbocycles. The van der Waals surface area contributed by atoms with Gasteiger partial charge in [-0.05, 0) is 92.2 Å². The zero-order valence-electron chi connectivity index (χ0n) is 19.2. The summed E-state index contributed by atoms with van der Waals surface area (Å²) in [5.74, 6) is 4.77. The van der Waals surface area contributed by atoms with E-state index in [1.165, 1.54) is 56.9 Å². The van der Waals surface area contributed by atoms with Crippen LogP contribution < -0.4 is 4.74 Å². The van der Waals surface area contributed by atoms with E-state index in [1.807, 2.05) is 12.1 Å². The number of esters is 1. The highest BCUT2D eigenvalue weighted by Crippen LogP contribution is 2.41. The Morgan fingerprint density at radius 1 is 0.862 bits per heavy atom. The topological polar surface area (TPSA) is 26.3 Å². The molecule has 0 aliphatic heterocycles. The summed E-state index contributed by atoms with van der Waals surface area (Å²) in [6, 6.07) is 8.23. The van der Waals surface area contributed by atoms with E-state index in [4.69, 9.17) is 4.74 Å². The van der Waals surface area contributed by atoms with Crippen molar-refractivity contribution in [1.29, 1.82) is 0 Å². The average Bonchev–Trinajstić information content (AvgIpc) is 2.73. The van der Waals surface area contributed by atoms with Crippen molar-refractivity contribution < 1.29 is 9.53 Å². The number of carbonyl (C=O) groups is 1. The Kier molecular flexibility index (Phi) is 8.21. The first-order chi connectivity index (χ1) is 13.9. The van der Waals surface area contributed by atoms with Gasteiger partial charge in [0, 0.05) is 0 Å². The Bertz CT molecular complexity index is 616. The van der Waals surface area contributed by atoms with Crippen LogP contribution in [0.4, 0.5) is 0 Å². The summed E-state index contributed by atoms with van der Waals surface area (Å²) in [4.78, 5) is 12.7. The third-order valence-corrected chi connectivity index (χ3v) is 7.68. The van der Waals surface area contributed by atoms with Crippen LogP contribution in [0, 0.1) is 29.6 Å². The highest BCUT2D eigenvalue weighted by molar-refractivity contribution is 5.75. The first kappa shape index (κ1) is 22.4. The lowest BCUT2D eigenvalue weighted by Gasteiger charge is -2.36. The molecular formula is C27H42O2. The van der Waals surface area contributed by atoms with Gasteiger partial charge in [0.2, 0.25) is 0 Å². The van der Waals surface area contributed by atoms with Gasteiger partial charge in [0.05, 0.1) is 5.92 Å². The molecule has 0 amide bonds. The van der Waals surface area contributed by atoms with Gasteiger partial charge in [-0.2, -0.15) is 0 Å². The third-order valence-electron chi connectivity index (χ3n) is 7.68. The molecule has 1 aromatic carbocycles. The van der Waals surface area contributed by atoms with Gasteiger partial charge in [-0.1, -0.05) is 59.1 Å². The zero-order valence-corrected chi connectivity index (χ0v) is 19.2. The summed E-state index contributed by atoms with van der Waals surface area (Å²) in [7, 11) is 0. The van der Waals surface area contributed by atoms with Gasteiger partial charge in [-0.25, -0.2) is 0 Å². The fourth-order valence-corrected chi connectivity index (χ4v) is 5.40. The summed E-state index contributed by atoms with van der Waals surface area (Å²) in [5.41, 5.74) is 1.34. The first-order valence-electron chi connectivity index (χ1n) is 12.2. The number of hydrogen-bond donors (Lipinski definition) is 0. The van der Waals surface area contributed by atoms with E-state index >= 15 is 0 Å². The molecule has 0 bridgehead atoms. The van der Waals surface area contributed by atoms with E-state index in [0.29, 0.717) is 11.7 Å². The smallest absolute Gasteiger partial charge is 0.314 e. The first-order valence-corrected chi connectivity index (χ1v) is 12.2. The predicted octanol–water partition coefficient (Wildman–Crippen LogP) is 7.76. The summed E-state index contributed by atoms with van der Waals surface area (Å²) in [6.07, 6.45) is 12.5. The van der Waals surface area contributed by atoms with Crippen molar-refractivity contribution in [3.63, 3.8) is 0 Å². The van der Waals surface area contributed by atoms with Gasteiger partial charge in [0.1, 0.15) is 5.75 Å². The van der Waals surface area contributed by atoms with Crippen molar-refractivity contribution in [3.05, 3.63) is 29.8 Å². The second kappa shape index (κ2) is 10.6. The minimum atomic E-state index is -0.0127. The van der Waals surface area contributed by atoms with Crippen molar-refractivity contribution in [3.8, 4) is 5.75 Å². The maximum atomic E-state index is 12.7. The van der Waals surface area contributed by atoms with Crippen LogP contribution in [0.2, 0.25) is 0 Å². The Labute approximate surface area is 178 Å². The summed E-state index contributed by atoms with van der Waals surface area (Å²) in [5, 5.41) is 0. The Hall–Kier alpha value is -1.31. The van der Waals surface area contributed by atoms with Gasteiger partial charge in [0.25, 0.3) is 0 Å². The molecule has 2 saturated carbocycles. The monoisotopic (exact) mass is 398 g/mol. The van der Waals surface area contributed by atoms with Crippen molar-refractivity contribution in [2.24, 2.45) is 29.6 Å². The van der Waals surface area contributed by atoms with Crippen molar-refractivity contribution in [2.75, 3.05) is 0 Å². The number of carbonyl (C=O) groups excluding carboxylic acids is 1. The molecule has 2 heteroatoms. The Balaban J connectivity index is 1.43. The molecule has 3 rings (SSSR count). The average molecular weight is 399 g/mol. The summed E-state index contributed by atoms with van der Waals surface area (Å²) >= 11 is 0. The molecule has 29 heavy (non-hydrogen) atoms. The van der Waals surface area contributed by atoms with Crippen LogP contribution in [-0.2, 0) is 4.79 Å². The molecule has 1 aromatic rings. The maximum Gasteiger partial charge on any atom is 0.314 e. The molecule has 0 saturated heterocycles. The maximum absolute atomic E-state index is 12.7. The largest absolute Gasteiger partial charge is 0.426 e. The predicted molar refractivity (Wildman–Crippen MR) is 121 cm³/mol. The van der Waals surface area contributed by atoms with Gasteiger partial charge >= 0.3 is 5.97 Å². The molecule has 2 fully saturated rings. The van der Waals surface area contributed by atoms with Gasteiger partial charge in [-0.15, -0.1) is 0 Å². The fraction of sp³-hybridized carbons (Fsp3) is 0.741. The minimum Gasteiger partial charge on any atom is -0.426 e. The standard InChI is InChI=1S/C27H42O2/c1-19(2)5-8-21(4)22-15-17-26(18-16-22)29-27(28)25-13-11-24(12-14-25)23-9-6-20(3)7-10-23/h15-21,23-25H,5-14H2,1-4H3. The molecule has 1 atom stereocenters. The van der Waals surface area contributed by atoms with Crippen LogP contribution in [-0.4, -0.2) is 5.97 Å². The molecule has 0 N–H and O–H groups in total. The van der Waals surface area contributed by atoms with Crippen LogP contribution in [0.15, 0.2) is 24.3 Å². The Morgan fingerprint density at radius 3 is 1.97 bits per heavy atom. The lowest BCUT2D eigenvalue weighted by Crippen LogP contribution is -2.29. The highest BCUT2D eigenvalue weighted by Gasteiger charge is 2.33. The van der Waals surface area contributed by atoms with Crippen molar-refractivity contribution in [2.45, 2.75) is 97.8 Å². The lowest BCUT2D eigenvalue weighted by atomic mass is 9.69. The van der Waals surface area contributed by atoms with Crippen molar-refractivity contribution in [1.82, 2.24) is 0 Å². The third kappa shape index (κ3) is 6.59. The van der Waals surface area contributed by atoms with Crippen LogP contribution in [0.25, 0.3) is 0 Å². The van der Waals surface area contributed by atoms with Gasteiger partial charge in [-0.3, -0.25) is 4.79 Å². The van der Waals surface area contributed by atoms with Crippen molar-refractivity contribution >= 4 is 5.97 Å². The Morgan fingerprint density at radius 2 is 1.41 bits per heavy atom. The highest BCUT2D eigenvalue weighted by atomic mass is 16.5. The van der Waals surface area contributed by atoms with E-state index in [2.05, 4.69) is 39.8 Å². The second-order valence-electron chi connectivity index (χ2n) is 10.5. The number of ether oxygens (including phenoxy) is 1. The molecule has 0 heterocycles. The van der Waals surface area contributed by atoms with Crippen LogP contribution in [0.5, 0.6) is 5.75 Å². The quantitative estimate of drug-likeness (QED) is 0.346. The second-order valence-corrected chi connectivity index (χ2v) is 10.5. The van der Waals surface area contributed by atoms with E-state index in [0.717, 1.165) is 36.5 Å². The number of hydrogen-bond acceptors (Lipinski definition) is 2. The number of rotatable bonds is 7. The molecule has 2 aliphatic rings. The molecule has 2 nitrogen and oxygen atoms in total. The van der Waals surface area contributed by atoms with Gasteiger partial charge in [0.15, 0.2) is 0 Å². The summed E-state index contributed by atoms with van der Waals surface area (Å²) in [6.45, 7) is 9.23. The van der Waals surface area contributed by atoms with Gasteiger partial charge < -0.3 is 4.74 Å². The SMILES string of the molecule is CC(C)CCC(C)c1ccc(OC(=O)C2CCC(C3CCC(C)CC3)CC2)cc1. The molecule has 162 valence electrons. The molecule has 1 unspecified atom stereocenters. The van der Waals surface area contributed by atoms with Crippen LogP contribution in [0.1, 0.15) is 103 Å². The molecule has 0 radical (unpaired) electrons. The molecular weight excluding hydrogens is 356 g/mol. The minimum absolute atomic E-state index is 0.0127. The normalized spacial score (nSPS) is 28.9. The van der Waals surface area contributed by atoms with E-state index in [1.54, 1.807) is 0 Å². The summed E-state index contributed by atoms with van der Waals surface area (Å²) < 4.78 is 5.74. The van der Waals surface area contributed by atoms with Crippen LogP contribution >= 0.6 is 0 Å². The fourth-order valence-electron chi connectivity index (χ4n) is 5.40. The van der Waals surface area contributed by atoms with E-state index < -0.39 is 0 Å². The van der Waals surface area contributed by atoms with E-state index in [-0.39, 0.29) is 11.9 Å². The molecule has 0 aromatic heterocycles. The van der Waals surface area contributed by atoms with E-state index in [9.17, 15) is 4.79 Å². The lowest BCUT2D eigenvalue weighted by molar-refractivity contribution is -0.140.